The van der Waals surface area contributed by atoms with Crippen molar-refractivity contribution in [1.82, 2.24) is 4.98 Å². The van der Waals surface area contributed by atoms with E-state index in [2.05, 4.69) is 79.7 Å². The van der Waals surface area contributed by atoms with Crippen LogP contribution in [0.5, 0.6) is 0 Å². The van der Waals surface area contributed by atoms with Crippen LogP contribution >= 0.6 is 11.6 Å². The Morgan fingerprint density at radius 3 is 1.07 bits per heavy atom. The molecule has 3 rings (SSSR count). The zero-order valence-corrected chi connectivity index (χ0v) is 32.6. The molecule has 1 radical (unpaired) electrons. The summed E-state index contributed by atoms with van der Waals surface area (Å²) in [5.74, 6) is 0. The normalized spacial score (nSPS) is 11.5. The molecule has 0 saturated carbocycles. The fraction of sp³-hybridized carbons (Fsp3) is 0.513. The molecule has 3 nitrogen and oxygen atoms in total. The smallest absolute Gasteiger partial charge is 1.00 e. The Bertz CT molecular complexity index is 1270. The van der Waals surface area contributed by atoms with Crippen LogP contribution in [0.4, 0.5) is 11.4 Å². The minimum absolute atomic E-state index is 0. The third-order valence-corrected chi connectivity index (χ3v) is 8.12. The number of aryl methyl sites for hydroxylation is 6. The van der Waals surface area contributed by atoms with Gasteiger partial charge in [-0.25, -0.2) is 4.98 Å². The molecule has 0 aliphatic heterocycles. The van der Waals surface area contributed by atoms with Crippen molar-refractivity contribution in [3.8, 4) is 0 Å². The number of aromatic nitrogens is 1. The maximum absolute atomic E-state index is 6.73. The van der Waals surface area contributed by atoms with Gasteiger partial charge in [-0.3, -0.25) is 9.98 Å². The predicted octanol–water partition coefficient (Wildman–Crippen LogP) is 5.74. The van der Waals surface area contributed by atoms with E-state index in [-0.39, 0.29) is 41.6 Å². The number of rotatable bonds is 16. The van der Waals surface area contributed by atoms with Crippen molar-refractivity contribution in [3.05, 3.63) is 86.2 Å². The number of hydrogen-bond acceptors (Lipinski definition) is 3. The van der Waals surface area contributed by atoms with E-state index in [0.717, 1.165) is 111 Å². The Balaban J connectivity index is 0.00000675. The first kappa shape index (κ1) is 44.3. The summed E-state index contributed by atoms with van der Waals surface area (Å²) in [6.07, 6.45) is 13.0. The molecule has 2 aromatic carbocycles. The summed E-state index contributed by atoms with van der Waals surface area (Å²) in [6.45, 7) is 17.6. The van der Waals surface area contributed by atoms with Crippen LogP contribution in [0.3, 0.4) is 0 Å². The largest absolute Gasteiger partial charge is 2.00 e. The van der Waals surface area contributed by atoms with E-state index < -0.39 is 0 Å². The molecular formula is C39H54Cl3CoN3. The van der Waals surface area contributed by atoms with Crippen LogP contribution in [-0.2, 0) is 55.3 Å². The van der Waals surface area contributed by atoms with Gasteiger partial charge in [0.05, 0.1) is 34.2 Å². The van der Waals surface area contributed by atoms with Crippen LogP contribution in [0.2, 0.25) is 5.02 Å². The zero-order chi connectivity index (χ0) is 31.4. The molecule has 0 unspecified atom stereocenters. The molecule has 46 heavy (non-hydrogen) atoms. The van der Waals surface area contributed by atoms with E-state index in [1.54, 1.807) is 0 Å². The third-order valence-electron chi connectivity index (χ3n) is 7.90. The molecule has 7 heteroatoms. The summed E-state index contributed by atoms with van der Waals surface area (Å²) in [6, 6.07) is 13.4. The zero-order valence-electron chi connectivity index (χ0n) is 29.3. The molecule has 0 aliphatic rings. The average molecular weight is 730 g/mol. The Morgan fingerprint density at radius 2 is 0.804 bits per heavy atom. The topological polar surface area (TPSA) is 37.6 Å². The van der Waals surface area contributed by atoms with Gasteiger partial charge in [-0.15, -0.1) is 0 Å². The maximum Gasteiger partial charge on any atom is 2.00 e. The standard InChI is InChI=1S/C39H54ClN3.2ClH.Co/c1-9-15-29-21-31(17-11-3)38(32(22-29)18-12-4)41-27(7)36-25-35(40)26-37(43-36)28(8)42-39-33(19-13-5)23-30(16-10-2)24-34(39)20-14-6;;;/h21-26H,9-20H2,1-8H3;2*1H;/q;;;+2/p-2. The van der Waals surface area contributed by atoms with Gasteiger partial charge in [0.25, 0.3) is 0 Å². The number of benzene rings is 2. The van der Waals surface area contributed by atoms with E-state index in [9.17, 15) is 0 Å². The molecule has 0 atom stereocenters. The summed E-state index contributed by atoms with van der Waals surface area (Å²) in [5, 5.41) is 0.658. The molecule has 0 bridgehead atoms. The molecule has 0 spiro atoms. The third kappa shape index (κ3) is 12.4. The van der Waals surface area contributed by atoms with Gasteiger partial charge in [0.15, 0.2) is 0 Å². The Hall–Kier alpha value is -1.69. The van der Waals surface area contributed by atoms with Crippen LogP contribution < -0.4 is 24.8 Å². The summed E-state index contributed by atoms with van der Waals surface area (Å²) in [5.41, 5.74) is 13.8. The fourth-order valence-electron chi connectivity index (χ4n) is 5.98. The fourth-order valence-corrected chi connectivity index (χ4v) is 6.18. The molecule has 0 fully saturated rings. The van der Waals surface area contributed by atoms with E-state index in [1.807, 2.05) is 12.1 Å². The first-order valence-electron chi connectivity index (χ1n) is 16.9. The van der Waals surface area contributed by atoms with Gasteiger partial charge in [0, 0.05) is 5.02 Å². The number of nitrogens with zero attached hydrogens (tertiary/aromatic N) is 3. The molecule has 0 amide bonds. The van der Waals surface area contributed by atoms with Crippen molar-refractivity contribution in [3.63, 3.8) is 0 Å². The van der Waals surface area contributed by atoms with Crippen LogP contribution in [0.25, 0.3) is 0 Å². The second-order valence-corrected chi connectivity index (χ2v) is 12.4. The van der Waals surface area contributed by atoms with Crippen molar-refractivity contribution in [2.24, 2.45) is 9.98 Å². The van der Waals surface area contributed by atoms with E-state index in [1.165, 1.54) is 33.4 Å². The molecule has 0 aliphatic carbocycles. The van der Waals surface area contributed by atoms with Crippen LogP contribution in [0.15, 0.2) is 46.4 Å². The monoisotopic (exact) mass is 728 g/mol. The minimum Gasteiger partial charge on any atom is -1.00 e. The summed E-state index contributed by atoms with van der Waals surface area (Å²) >= 11 is 6.73. The minimum atomic E-state index is 0. The van der Waals surface area contributed by atoms with Crippen molar-refractivity contribution < 1.29 is 41.6 Å². The second kappa shape index (κ2) is 22.8. The van der Waals surface area contributed by atoms with Gasteiger partial charge in [-0.05, 0) is 97.9 Å². The SMILES string of the molecule is CCCc1cc(CCC)c(N=C(C)c2cc(Cl)cc(C(C)=Nc3c(CCC)cc(CCC)cc3CCC)n2)c(CCC)c1.[Cl-].[Cl-].[Co+2]. The van der Waals surface area contributed by atoms with Crippen LogP contribution in [0, 0.1) is 0 Å². The van der Waals surface area contributed by atoms with E-state index in [4.69, 9.17) is 26.6 Å². The molecule has 1 heterocycles. The number of hydrogen-bond donors (Lipinski definition) is 0. The van der Waals surface area contributed by atoms with Gasteiger partial charge in [0.2, 0.25) is 0 Å². The van der Waals surface area contributed by atoms with Crippen molar-refractivity contribution in [2.75, 3.05) is 0 Å². The van der Waals surface area contributed by atoms with Gasteiger partial charge >= 0.3 is 16.8 Å². The van der Waals surface area contributed by atoms with Gasteiger partial charge in [-0.1, -0.05) is 116 Å². The summed E-state index contributed by atoms with van der Waals surface area (Å²) < 4.78 is 0. The van der Waals surface area contributed by atoms with Gasteiger partial charge in [-0.2, -0.15) is 0 Å². The molecule has 255 valence electrons. The molecule has 3 aromatic rings. The van der Waals surface area contributed by atoms with Gasteiger partial charge in [0.1, 0.15) is 0 Å². The molecule has 1 aromatic heterocycles. The first-order valence-corrected chi connectivity index (χ1v) is 17.2. The Morgan fingerprint density at radius 1 is 0.522 bits per heavy atom. The Kier molecular flexibility index (Phi) is 22.0. The summed E-state index contributed by atoms with van der Waals surface area (Å²) in [4.78, 5) is 15.6. The second-order valence-electron chi connectivity index (χ2n) is 12.0. The predicted molar refractivity (Wildman–Crippen MR) is 190 cm³/mol. The van der Waals surface area contributed by atoms with Crippen LogP contribution in [-0.4, -0.2) is 16.4 Å². The number of aliphatic imine (C=N–C) groups is 2. The molecular weight excluding hydrogens is 676 g/mol. The van der Waals surface area contributed by atoms with Crippen molar-refractivity contribution >= 4 is 34.4 Å². The molecule has 0 saturated heterocycles. The quantitative estimate of drug-likeness (QED) is 0.174. The first-order chi connectivity index (χ1) is 20.8. The van der Waals surface area contributed by atoms with Gasteiger partial charge < -0.3 is 24.8 Å². The Labute approximate surface area is 308 Å². The van der Waals surface area contributed by atoms with Crippen molar-refractivity contribution in [2.45, 2.75) is 132 Å². The van der Waals surface area contributed by atoms with E-state index >= 15 is 0 Å². The number of pyridine rings is 1. The maximum atomic E-state index is 6.73. The van der Waals surface area contributed by atoms with Crippen molar-refractivity contribution in [1.29, 1.82) is 0 Å². The number of halogens is 3. The molecule has 0 N–H and O–H groups in total. The van der Waals surface area contributed by atoms with E-state index in [0.29, 0.717) is 5.02 Å². The average Bonchev–Trinajstić information content (AvgIpc) is 2.97. The summed E-state index contributed by atoms with van der Waals surface area (Å²) in [7, 11) is 0. The van der Waals surface area contributed by atoms with Crippen LogP contribution in [0.1, 0.15) is 139 Å².